The molecule has 1 atom stereocenters. The molecule has 1 unspecified atom stereocenters. The van der Waals surface area contributed by atoms with Gasteiger partial charge in [0.1, 0.15) is 0 Å². The van der Waals surface area contributed by atoms with Crippen molar-refractivity contribution >= 4 is 29.9 Å². The SMILES string of the molecule is CN=C(NCCCOCCOC)NCc1ccccc1CN1CCCC(C)C1.I. The number of methoxy groups -OCH3 is 1. The highest BCUT2D eigenvalue weighted by molar-refractivity contribution is 14.0. The van der Waals surface area contributed by atoms with Crippen LogP contribution in [0.4, 0.5) is 0 Å². The molecule has 1 saturated heterocycles. The van der Waals surface area contributed by atoms with Gasteiger partial charge in [0.15, 0.2) is 5.96 Å². The lowest BCUT2D eigenvalue weighted by atomic mass is 9.99. The van der Waals surface area contributed by atoms with Gasteiger partial charge in [0.25, 0.3) is 0 Å². The monoisotopic (exact) mass is 518 g/mol. The third kappa shape index (κ3) is 10.6. The van der Waals surface area contributed by atoms with E-state index >= 15 is 0 Å². The van der Waals surface area contributed by atoms with Gasteiger partial charge in [0.2, 0.25) is 0 Å². The second kappa shape index (κ2) is 15.9. The summed E-state index contributed by atoms with van der Waals surface area (Å²) in [5.74, 6) is 1.64. The van der Waals surface area contributed by atoms with E-state index in [0.29, 0.717) is 13.2 Å². The number of guanidine groups is 1. The van der Waals surface area contributed by atoms with Gasteiger partial charge in [-0.15, -0.1) is 24.0 Å². The van der Waals surface area contributed by atoms with E-state index in [9.17, 15) is 0 Å². The predicted molar refractivity (Wildman–Crippen MR) is 131 cm³/mol. The van der Waals surface area contributed by atoms with Crippen molar-refractivity contribution in [1.29, 1.82) is 0 Å². The molecule has 0 saturated carbocycles. The van der Waals surface area contributed by atoms with Crippen LogP contribution in [-0.2, 0) is 22.6 Å². The maximum Gasteiger partial charge on any atom is 0.191 e. The maximum atomic E-state index is 5.48. The van der Waals surface area contributed by atoms with Gasteiger partial charge in [-0.3, -0.25) is 9.89 Å². The second-order valence-corrected chi connectivity index (χ2v) is 7.56. The largest absolute Gasteiger partial charge is 0.382 e. The van der Waals surface area contributed by atoms with Crippen LogP contribution in [0.2, 0.25) is 0 Å². The molecule has 1 fully saturated rings. The zero-order valence-corrected chi connectivity index (χ0v) is 20.6. The minimum atomic E-state index is 0. The molecule has 0 amide bonds. The minimum absolute atomic E-state index is 0. The highest BCUT2D eigenvalue weighted by Gasteiger charge is 2.17. The van der Waals surface area contributed by atoms with Gasteiger partial charge in [-0.1, -0.05) is 31.2 Å². The molecule has 0 radical (unpaired) electrons. The molecule has 166 valence electrons. The first-order valence-corrected chi connectivity index (χ1v) is 10.5. The van der Waals surface area contributed by atoms with E-state index in [4.69, 9.17) is 9.47 Å². The van der Waals surface area contributed by atoms with Crippen molar-refractivity contribution in [3.05, 3.63) is 35.4 Å². The number of likely N-dealkylation sites (tertiary alicyclic amines) is 1. The van der Waals surface area contributed by atoms with Crippen LogP contribution in [0.25, 0.3) is 0 Å². The standard InChI is InChI=1S/C22H38N4O2.HI/c1-19-8-6-12-26(17-19)18-21-10-5-4-9-20(21)16-25-22(23-2)24-11-7-13-28-15-14-27-3;/h4-5,9-10,19H,6-8,11-18H2,1-3H3,(H2,23,24,25);1H. The van der Waals surface area contributed by atoms with Crippen LogP contribution in [-0.4, -0.2) is 64.5 Å². The lowest BCUT2D eigenvalue weighted by Crippen LogP contribution is -2.38. The van der Waals surface area contributed by atoms with E-state index in [1.165, 1.54) is 37.1 Å². The number of halogens is 1. The van der Waals surface area contributed by atoms with Crippen molar-refractivity contribution in [1.82, 2.24) is 15.5 Å². The van der Waals surface area contributed by atoms with E-state index in [-0.39, 0.29) is 24.0 Å². The van der Waals surface area contributed by atoms with Crippen LogP contribution in [0, 0.1) is 5.92 Å². The summed E-state index contributed by atoms with van der Waals surface area (Å²) in [6, 6.07) is 8.73. The normalized spacial score (nSPS) is 17.6. The van der Waals surface area contributed by atoms with Crippen LogP contribution in [0.3, 0.4) is 0 Å². The molecule has 0 aromatic heterocycles. The third-order valence-corrected chi connectivity index (χ3v) is 5.11. The molecule has 0 aliphatic carbocycles. The summed E-state index contributed by atoms with van der Waals surface area (Å²) < 4.78 is 10.5. The Bertz CT molecular complexity index is 586. The first-order chi connectivity index (χ1) is 13.7. The van der Waals surface area contributed by atoms with Gasteiger partial charge in [-0.25, -0.2) is 0 Å². The Balaban J connectivity index is 0.00000420. The Labute approximate surface area is 193 Å². The Kier molecular flexibility index (Phi) is 14.3. The number of piperidine rings is 1. The molecule has 1 aromatic carbocycles. The minimum Gasteiger partial charge on any atom is -0.382 e. The molecule has 1 aliphatic heterocycles. The van der Waals surface area contributed by atoms with Gasteiger partial charge in [-0.05, 0) is 42.9 Å². The average molecular weight is 518 g/mol. The summed E-state index contributed by atoms with van der Waals surface area (Å²) >= 11 is 0. The maximum absolute atomic E-state index is 5.48. The molecule has 2 N–H and O–H groups in total. The number of aliphatic imine (C=N–C) groups is 1. The number of nitrogens with zero attached hydrogens (tertiary/aromatic N) is 2. The molecule has 1 aliphatic rings. The summed E-state index contributed by atoms with van der Waals surface area (Å²) in [5, 5.41) is 6.80. The third-order valence-electron chi connectivity index (χ3n) is 5.11. The molecule has 0 bridgehead atoms. The molecule has 2 rings (SSSR count). The van der Waals surface area contributed by atoms with Gasteiger partial charge >= 0.3 is 0 Å². The van der Waals surface area contributed by atoms with Crippen LogP contribution in [0.5, 0.6) is 0 Å². The molecular weight excluding hydrogens is 479 g/mol. The van der Waals surface area contributed by atoms with Gasteiger partial charge < -0.3 is 20.1 Å². The van der Waals surface area contributed by atoms with E-state index < -0.39 is 0 Å². The van der Waals surface area contributed by atoms with Crippen LogP contribution < -0.4 is 10.6 Å². The number of hydrogen-bond donors (Lipinski definition) is 2. The number of hydrogen-bond acceptors (Lipinski definition) is 4. The Morgan fingerprint density at radius 2 is 1.97 bits per heavy atom. The van der Waals surface area contributed by atoms with Crippen molar-refractivity contribution in [2.75, 3.05) is 53.6 Å². The van der Waals surface area contributed by atoms with Crippen LogP contribution >= 0.6 is 24.0 Å². The Hall–Kier alpha value is -0.900. The molecular formula is C22H39IN4O2. The van der Waals surface area contributed by atoms with E-state index in [1.54, 1.807) is 7.11 Å². The van der Waals surface area contributed by atoms with Gasteiger partial charge in [-0.2, -0.15) is 0 Å². The fraction of sp³-hybridized carbons (Fsp3) is 0.682. The summed E-state index contributed by atoms with van der Waals surface area (Å²) in [6.07, 6.45) is 3.61. The van der Waals surface area contributed by atoms with E-state index in [0.717, 1.165) is 44.5 Å². The van der Waals surface area contributed by atoms with Gasteiger partial charge in [0.05, 0.1) is 13.2 Å². The number of nitrogens with one attached hydrogen (secondary N) is 2. The van der Waals surface area contributed by atoms with Crippen molar-refractivity contribution in [3.63, 3.8) is 0 Å². The van der Waals surface area contributed by atoms with E-state index in [1.807, 2.05) is 7.05 Å². The van der Waals surface area contributed by atoms with Crippen LogP contribution in [0.15, 0.2) is 29.3 Å². The predicted octanol–water partition coefficient (Wildman–Crippen LogP) is 3.25. The number of ether oxygens (including phenoxy) is 2. The topological polar surface area (TPSA) is 58.1 Å². The van der Waals surface area contributed by atoms with E-state index in [2.05, 4.69) is 51.7 Å². The summed E-state index contributed by atoms with van der Waals surface area (Å²) in [7, 11) is 3.50. The first kappa shape index (κ1) is 26.1. The van der Waals surface area contributed by atoms with Gasteiger partial charge in [0, 0.05) is 46.9 Å². The quantitative estimate of drug-likeness (QED) is 0.204. The van der Waals surface area contributed by atoms with Crippen molar-refractivity contribution in [2.24, 2.45) is 10.9 Å². The smallest absolute Gasteiger partial charge is 0.191 e. The lowest BCUT2D eigenvalue weighted by molar-refractivity contribution is 0.0698. The Morgan fingerprint density at radius 3 is 2.69 bits per heavy atom. The van der Waals surface area contributed by atoms with Crippen molar-refractivity contribution in [2.45, 2.75) is 39.3 Å². The molecule has 0 spiro atoms. The molecule has 1 heterocycles. The highest BCUT2D eigenvalue weighted by atomic mass is 127. The van der Waals surface area contributed by atoms with Crippen LogP contribution in [0.1, 0.15) is 37.3 Å². The average Bonchev–Trinajstić information content (AvgIpc) is 2.70. The molecule has 29 heavy (non-hydrogen) atoms. The number of benzene rings is 1. The zero-order valence-electron chi connectivity index (χ0n) is 18.3. The first-order valence-electron chi connectivity index (χ1n) is 10.5. The lowest BCUT2D eigenvalue weighted by Gasteiger charge is -2.31. The van der Waals surface area contributed by atoms with Crippen molar-refractivity contribution in [3.8, 4) is 0 Å². The highest BCUT2D eigenvalue weighted by Crippen LogP contribution is 2.19. The van der Waals surface area contributed by atoms with Crippen molar-refractivity contribution < 1.29 is 9.47 Å². The Morgan fingerprint density at radius 1 is 1.17 bits per heavy atom. The number of rotatable bonds is 11. The zero-order chi connectivity index (χ0) is 20.0. The fourth-order valence-electron chi connectivity index (χ4n) is 3.58. The fourth-order valence-corrected chi connectivity index (χ4v) is 3.58. The second-order valence-electron chi connectivity index (χ2n) is 7.56. The summed E-state index contributed by atoms with van der Waals surface area (Å²) in [6.45, 7) is 9.45. The molecule has 1 aromatic rings. The molecule has 6 nitrogen and oxygen atoms in total. The summed E-state index contributed by atoms with van der Waals surface area (Å²) in [4.78, 5) is 6.92. The molecule has 7 heteroatoms. The summed E-state index contributed by atoms with van der Waals surface area (Å²) in [5.41, 5.74) is 2.75.